The summed E-state index contributed by atoms with van der Waals surface area (Å²) in [5.41, 5.74) is 11.3. The van der Waals surface area contributed by atoms with Gasteiger partial charge in [-0.3, -0.25) is 0 Å². The first kappa shape index (κ1) is 17.8. The first-order valence-corrected chi connectivity index (χ1v) is 7.86. The summed E-state index contributed by atoms with van der Waals surface area (Å²) in [7, 11) is 0. The van der Waals surface area contributed by atoms with E-state index in [4.69, 9.17) is 11.5 Å². The minimum Gasteiger partial charge on any atom is -0.328 e. The molecule has 0 radical (unpaired) electrons. The fraction of sp³-hybridized carbons (Fsp3) is 0.412. The number of halogens is 4. The number of hydrogen-bond donors (Lipinski definition) is 2. The lowest BCUT2D eigenvalue weighted by molar-refractivity contribution is -0.137. The third kappa shape index (κ3) is 3.36. The van der Waals surface area contributed by atoms with E-state index in [2.05, 4.69) is 9.97 Å². The molecule has 1 heterocycles. The first-order valence-electron chi connectivity index (χ1n) is 7.86. The second-order valence-corrected chi connectivity index (χ2v) is 6.54. The lowest BCUT2D eigenvalue weighted by atomic mass is 9.96. The summed E-state index contributed by atoms with van der Waals surface area (Å²) in [6.07, 6.45) is -1.21. The molecule has 2 aromatic rings. The number of benzene rings is 1. The average molecular weight is 354 g/mol. The van der Waals surface area contributed by atoms with Crippen LogP contribution < -0.4 is 11.5 Å². The molecule has 8 heteroatoms. The number of nitrogens with two attached hydrogens (primary N) is 2. The van der Waals surface area contributed by atoms with Crippen LogP contribution in [0.3, 0.4) is 0 Å². The van der Waals surface area contributed by atoms with E-state index in [-0.39, 0.29) is 11.6 Å². The van der Waals surface area contributed by atoms with Crippen LogP contribution in [0.4, 0.5) is 17.6 Å². The number of aryl methyl sites for hydroxylation is 1. The van der Waals surface area contributed by atoms with Crippen molar-refractivity contribution >= 4 is 0 Å². The molecule has 25 heavy (non-hydrogen) atoms. The Kier molecular flexibility index (Phi) is 4.28. The van der Waals surface area contributed by atoms with Crippen LogP contribution in [0.2, 0.25) is 0 Å². The second-order valence-electron chi connectivity index (χ2n) is 6.54. The van der Waals surface area contributed by atoms with Crippen LogP contribution in [0.1, 0.15) is 36.3 Å². The molecule has 2 unspecified atom stereocenters. The Labute approximate surface area is 142 Å². The molecule has 4 nitrogen and oxygen atoms in total. The van der Waals surface area contributed by atoms with Crippen molar-refractivity contribution in [2.45, 2.75) is 43.9 Å². The maximum Gasteiger partial charge on any atom is 0.416 e. The summed E-state index contributed by atoms with van der Waals surface area (Å²) in [5, 5.41) is 0. The Morgan fingerprint density at radius 2 is 1.96 bits per heavy atom. The van der Waals surface area contributed by atoms with Crippen LogP contribution in [0.15, 0.2) is 24.4 Å². The van der Waals surface area contributed by atoms with E-state index in [0.717, 1.165) is 18.6 Å². The predicted octanol–water partition coefficient (Wildman–Crippen LogP) is 3.28. The normalized spacial score (nSPS) is 23.9. The van der Waals surface area contributed by atoms with E-state index in [0.29, 0.717) is 36.0 Å². The molecule has 0 aliphatic heterocycles. The summed E-state index contributed by atoms with van der Waals surface area (Å²) in [6, 6.07) is 2.39. The molecule has 0 spiro atoms. The van der Waals surface area contributed by atoms with Gasteiger partial charge in [-0.05, 0) is 38.3 Å². The highest BCUT2D eigenvalue weighted by Gasteiger charge is 2.38. The van der Waals surface area contributed by atoms with Crippen LogP contribution >= 0.6 is 0 Å². The molecule has 1 fully saturated rings. The highest BCUT2D eigenvalue weighted by molar-refractivity contribution is 5.66. The van der Waals surface area contributed by atoms with Crippen LogP contribution in [-0.2, 0) is 11.7 Å². The SMILES string of the molecule is Cc1nc(C2(N)CCC(N)C2)ncc1-c1ccc(C(F)(F)F)cc1F. The van der Waals surface area contributed by atoms with Gasteiger partial charge in [0.1, 0.15) is 11.6 Å². The standard InChI is InChI=1S/C17H18F4N4/c1-9-13(12-3-2-10(6-14(12)18)17(19,20)21)8-24-15(25-9)16(23)5-4-11(22)7-16/h2-3,6,8,11H,4-5,7,22-23H2,1H3. The van der Waals surface area contributed by atoms with Crippen LogP contribution in [0, 0.1) is 12.7 Å². The lowest BCUT2D eigenvalue weighted by Crippen LogP contribution is -2.37. The molecule has 134 valence electrons. The number of alkyl halides is 3. The van der Waals surface area contributed by atoms with E-state index in [1.807, 2.05) is 0 Å². The molecule has 3 rings (SSSR count). The maximum absolute atomic E-state index is 14.2. The van der Waals surface area contributed by atoms with Crippen molar-refractivity contribution < 1.29 is 17.6 Å². The van der Waals surface area contributed by atoms with E-state index < -0.39 is 23.1 Å². The number of aromatic nitrogens is 2. The van der Waals surface area contributed by atoms with Gasteiger partial charge in [-0.1, -0.05) is 6.07 Å². The summed E-state index contributed by atoms with van der Waals surface area (Å²) in [4.78, 5) is 8.61. The fourth-order valence-electron chi connectivity index (χ4n) is 3.20. The zero-order chi connectivity index (χ0) is 18.4. The molecule has 1 aliphatic carbocycles. The molecule has 4 N–H and O–H groups in total. The van der Waals surface area contributed by atoms with E-state index in [1.54, 1.807) is 6.92 Å². The van der Waals surface area contributed by atoms with E-state index in [9.17, 15) is 17.6 Å². The molecule has 0 bridgehead atoms. The van der Waals surface area contributed by atoms with Gasteiger partial charge in [-0.15, -0.1) is 0 Å². The van der Waals surface area contributed by atoms with E-state index in [1.165, 1.54) is 6.20 Å². The monoisotopic (exact) mass is 354 g/mol. The lowest BCUT2D eigenvalue weighted by Gasteiger charge is -2.23. The van der Waals surface area contributed by atoms with Crippen molar-refractivity contribution in [3.8, 4) is 11.1 Å². The molecule has 2 atom stereocenters. The summed E-state index contributed by atoms with van der Waals surface area (Å²) >= 11 is 0. The number of hydrogen-bond acceptors (Lipinski definition) is 4. The molecule has 1 aromatic carbocycles. The zero-order valence-corrected chi connectivity index (χ0v) is 13.6. The second kappa shape index (κ2) is 6.03. The van der Waals surface area contributed by atoms with Crippen molar-refractivity contribution in [3.63, 3.8) is 0 Å². The Morgan fingerprint density at radius 1 is 1.24 bits per heavy atom. The Balaban J connectivity index is 1.97. The molecule has 0 amide bonds. The molecule has 0 saturated heterocycles. The number of rotatable bonds is 2. The molecule has 1 aliphatic rings. The third-order valence-corrected chi connectivity index (χ3v) is 4.60. The van der Waals surface area contributed by atoms with Crippen molar-refractivity contribution in [3.05, 3.63) is 47.3 Å². The molecule has 1 saturated carbocycles. The molecular formula is C17H18F4N4. The predicted molar refractivity (Wildman–Crippen MR) is 84.9 cm³/mol. The van der Waals surface area contributed by atoms with Crippen LogP contribution in [0.25, 0.3) is 11.1 Å². The van der Waals surface area contributed by atoms with Gasteiger partial charge in [0, 0.05) is 29.1 Å². The van der Waals surface area contributed by atoms with Gasteiger partial charge in [0.05, 0.1) is 11.1 Å². The van der Waals surface area contributed by atoms with Gasteiger partial charge >= 0.3 is 6.18 Å². The van der Waals surface area contributed by atoms with Crippen LogP contribution in [0.5, 0.6) is 0 Å². The number of nitrogens with zero attached hydrogens (tertiary/aromatic N) is 2. The first-order chi connectivity index (χ1) is 11.6. The van der Waals surface area contributed by atoms with Gasteiger partial charge in [0.15, 0.2) is 0 Å². The summed E-state index contributed by atoms with van der Waals surface area (Å²) in [5.74, 6) is -0.548. The van der Waals surface area contributed by atoms with Gasteiger partial charge in [0.25, 0.3) is 0 Å². The summed E-state index contributed by atoms with van der Waals surface area (Å²) < 4.78 is 52.2. The van der Waals surface area contributed by atoms with E-state index >= 15 is 0 Å². The smallest absolute Gasteiger partial charge is 0.328 e. The summed E-state index contributed by atoms with van der Waals surface area (Å²) in [6.45, 7) is 1.65. The Bertz CT molecular complexity index is 806. The van der Waals surface area contributed by atoms with Gasteiger partial charge in [-0.25, -0.2) is 14.4 Å². The van der Waals surface area contributed by atoms with Gasteiger partial charge in [-0.2, -0.15) is 13.2 Å². The van der Waals surface area contributed by atoms with Gasteiger partial charge < -0.3 is 11.5 Å². The van der Waals surface area contributed by atoms with Crippen molar-refractivity contribution in [1.82, 2.24) is 9.97 Å². The maximum atomic E-state index is 14.2. The highest BCUT2D eigenvalue weighted by Crippen LogP contribution is 2.36. The van der Waals surface area contributed by atoms with Crippen molar-refractivity contribution in [2.75, 3.05) is 0 Å². The fourth-order valence-corrected chi connectivity index (χ4v) is 3.20. The highest BCUT2D eigenvalue weighted by atomic mass is 19.4. The molecule has 1 aromatic heterocycles. The Morgan fingerprint density at radius 3 is 2.48 bits per heavy atom. The average Bonchev–Trinajstić information content (AvgIpc) is 2.87. The minimum absolute atomic E-state index is 0.0130. The Hall–Kier alpha value is -2.06. The van der Waals surface area contributed by atoms with Crippen molar-refractivity contribution in [2.24, 2.45) is 11.5 Å². The third-order valence-electron chi connectivity index (χ3n) is 4.60. The minimum atomic E-state index is -4.60. The zero-order valence-electron chi connectivity index (χ0n) is 13.6. The van der Waals surface area contributed by atoms with Gasteiger partial charge in [0.2, 0.25) is 0 Å². The van der Waals surface area contributed by atoms with Crippen molar-refractivity contribution in [1.29, 1.82) is 0 Å². The quantitative estimate of drug-likeness (QED) is 0.812. The topological polar surface area (TPSA) is 77.8 Å². The van der Waals surface area contributed by atoms with Crippen LogP contribution in [-0.4, -0.2) is 16.0 Å². The molecular weight excluding hydrogens is 336 g/mol. The largest absolute Gasteiger partial charge is 0.416 e.